The number of halogens is 1. The van der Waals surface area contributed by atoms with Crippen molar-refractivity contribution in [2.45, 2.75) is 11.7 Å². The fourth-order valence-electron chi connectivity index (χ4n) is 1.88. The van der Waals surface area contributed by atoms with Crippen LogP contribution in [0.15, 0.2) is 18.2 Å². The quantitative estimate of drug-likeness (QED) is 0.857. The predicted octanol–water partition coefficient (Wildman–Crippen LogP) is 0.938. The number of rotatable bonds is 4. The van der Waals surface area contributed by atoms with E-state index in [1.165, 1.54) is 19.2 Å². The molecule has 1 fully saturated rings. The molecule has 100 valence electrons. The number of hydrogen-bond donors (Lipinski definition) is 2. The minimum atomic E-state index is -3.47. The largest absolute Gasteiger partial charge is 0.494 e. The van der Waals surface area contributed by atoms with Crippen molar-refractivity contribution in [2.24, 2.45) is 0 Å². The molecule has 2 rings (SSSR count). The Labute approximate surface area is 105 Å². The smallest absolute Gasteiger partial charge is 0.237 e. The first-order valence-corrected chi connectivity index (χ1v) is 7.13. The zero-order valence-corrected chi connectivity index (χ0v) is 10.8. The Morgan fingerprint density at radius 3 is 2.89 bits per heavy atom. The minimum Gasteiger partial charge on any atom is -0.494 e. The lowest BCUT2D eigenvalue weighted by Gasteiger charge is -2.15. The van der Waals surface area contributed by atoms with Crippen LogP contribution >= 0.6 is 0 Å². The molecule has 0 amide bonds. The Morgan fingerprint density at radius 2 is 2.28 bits per heavy atom. The summed E-state index contributed by atoms with van der Waals surface area (Å²) in [5.41, 5.74) is 0.255. The minimum absolute atomic E-state index is 0.171. The van der Waals surface area contributed by atoms with Crippen molar-refractivity contribution in [3.8, 4) is 5.75 Å². The molecule has 1 heterocycles. The number of sulfonamides is 1. The second kappa shape index (κ2) is 5.11. The molecule has 0 spiro atoms. The summed E-state index contributed by atoms with van der Waals surface area (Å²) in [6.45, 7) is 1.12. The number of benzene rings is 1. The first-order chi connectivity index (χ1) is 8.53. The second-order valence-corrected chi connectivity index (χ2v) is 6.07. The van der Waals surface area contributed by atoms with Gasteiger partial charge in [-0.3, -0.25) is 4.72 Å². The summed E-state index contributed by atoms with van der Waals surface area (Å²) >= 11 is 0. The van der Waals surface area contributed by atoms with Crippen LogP contribution in [0.4, 0.5) is 10.1 Å². The third-order valence-electron chi connectivity index (χ3n) is 2.87. The standard InChI is InChI=1S/C11H15FN2O3S/c1-17-11-6-8(12)2-3-10(11)14-18(15,16)9-4-5-13-7-9/h2-3,6,9,13-14H,4-5,7H2,1H3. The summed E-state index contributed by atoms with van der Waals surface area (Å²) in [5.74, 6) is -0.304. The normalized spacial score (nSPS) is 19.8. The molecule has 1 aliphatic heterocycles. The zero-order valence-electron chi connectivity index (χ0n) is 9.94. The molecule has 1 aliphatic rings. The van der Waals surface area contributed by atoms with E-state index in [4.69, 9.17) is 4.74 Å². The van der Waals surface area contributed by atoms with Crippen LogP contribution < -0.4 is 14.8 Å². The van der Waals surface area contributed by atoms with Gasteiger partial charge in [0.15, 0.2) is 0 Å². The maximum Gasteiger partial charge on any atom is 0.237 e. The molecule has 7 heteroatoms. The summed E-state index contributed by atoms with van der Waals surface area (Å²) in [7, 11) is -2.11. The average Bonchev–Trinajstić information content (AvgIpc) is 2.85. The van der Waals surface area contributed by atoms with Gasteiger partial charge in [-0.2, -0.15) is 0 Å². The second-order valence-electron chi connectivity index (χ2n) is 4.11. The summed E-state index contributed by atoms with van der Waals surface area (Å²) in [5, 5.41) is 2.53. The third kappa shape index (κ3) is 2.73. The van der Waals surface area contributed by atoms with E-state index >= 15 is 0 Å². The molecule has 1 aromatic rings. The molecular formula is C11H15FN2O3S. The fourth-order valence-corrected chi connectivity index (χ4v) is 3.29. The number of nitrogens with one attached hydrogen (secondary N) is 2. The van der Waals surface area contributed by atoms with Crippen LogP contribution in [0, 0.1) is 5.82 Å². The van der Waals surface area contributed by atoms with Crippen LogP contribution in [0.3, 0.4) is 0 Å². The molecule has 18 heavy (non-hydrogen) atoms. The lowest BCUT2D eigenvalue weighted by atomic mass is 10.3. The van der Waals surface area contributed by atoms with Crippen LogP contribution in [0.5, 0.6) is 5.75 Å². The lowest BCUT2D eigenvalue weighted by molar-refractivity contribution is 0.413. The highest BCUT2D eigenvalue weighted by atomic mass is 32.2. The highest BCUT2D eigenvalue weighted by molar-refractivity contribution is 7.93. The van der Waals surface area contributed by atoms with Crippen LogP contribution in [0.2, 0.25) is 0 Å². The van der Waals surface area contributed by atoms with E-state index in [0.717, 1.165) is 6.07 Å². The van der Waals surface area contributed by atoms with Crippen molar-refractivity contribution in [1.82, 2.24) is 5.32 Å². The van der Waals surface area contributed by atoms with Crippen molar-refractivity contribution in [2.75, 3.05) is 24.9 Å². The van der Waals surface area contributed by atoms with Gasteiger partial charge < -0.3 is 10.1 Å². The van der Waals surface area contributed by atoms with Crippen LogP contribution in [-0.4, -0.2) is 33.9 Å². The predicted molar refractivity (Wildman–Crippen MR) is 66.8 cm³/mol. The van der Waals surface area contributed by atoms with E-state index in [9.17, 15) is 12.8 Å². The van der Waals surface area contributed by atoms with Gasteiger partial charge in [-0.1, -0.05) is 0 Å². The summed E-state index contributed by atoms with van der Waals surface area (Å²) < 4.78 is 44.5. The van der Waals surface area contributed by atoms with E-state index < -0.39 is 21.1 Å². The molecule has 1 aromatic carbocycles. The van der Waals surface area contributed by atoms with E-state index in [0.29, 0.717) is 19.5 Å². The molecule has 0 bridgehead atoms. The lowest BCUT2D eigenvalue weighted by Crippen LogP contribution is -2.29. The Morgan fingerprint density at radius 1 is 1.50 bits per heavy atom. The number of hydrogen-bond acceptors (Lipinski definition) is 4. The Bertz CT molecular complexity index is 527. The van der Waals surface area contributed by atoms with Crippen LogP contribution in [0.25, 0.3) is 0 Å². The number of methoxy groups -OCH3 is 1. The number of ether oxygens (including phenoxy) is 1. The van der Waals surface area contributed by atoms with E-state index in [1.54, 1.807) is 0 Å². The van der Waals surface area contributed by atoms with Gasteiger partial charge in [-0.15, -0.1) is 0 Å². The van der Waals surface area contributed by atoms with Crippen molar-refractivity contribution in [1.29, 1.82) is 0 Å². The van der Waals surface area contributed by atoms with Gasteiger partial charge in [0.05, 0.1) is 18.0 Å². The molecule has 1 unspecified atom stereocenters. The van der Waals surface area contributed by atoms with Gasteiger partial charge in [-0.05, 0) is 25.1 Å². The summed E-state index contributed by atoms with van der Waals surface area (Å²) in [4.78, 5) is 0. The van der Waals surface area contributed by atoms with Gasteiger partial charge >= 0.3 is 0 Å². The van der Waals surface area contributed by atoms with E-state index in [2.05, 4.69) is 10.0 Å². The van der Waals surface area contributed by atoms with Gasteiger partial charge in [0.2, 0.25) is 10.0 Å². The Kier molecular flexibility index (Phi) is 3.72. The van der Waals surface area contributed by atoms with Gasteiger partial charge in [0.1, 0.15) is 11.6 Å². The van der Waals surface area contributed by atoms with Crippen LogP contribution in [0.1, 0.15) is 6.42 Å². The molecule has 0 radical (unpaired) electrons. The van der Waals surface area contributed by atoms with Crippen molar-refractivity contribution in [3.63, 3.8) is 0 Å². The molecular weight excluding hydrogens is 259 g/mol. The van der Waals surface area contributed by atoms with E-state index in [-0.39, 0.29) is 11.4 Å². The SMILES string of the molecule is COc1cc(F)ccc1NS(=O)(=O)C1CCNC1. The zero-order chi connectivity index (χ0) is 13.2. The fraction of sp³-hybridized carbons (Fsp3) is 0.455. The molecule has 1 atom stereocenters. The third-order valence-corrected chi connectivity index (χ3v) is 4.65. The summed E-state index contributed by atoms with van der Waals surface area (Å²) in [6.07, 6.45) is 0.568. The van der Waals surface area contributed by atoms with Crippen LogP contribution in [-0.2, 0) is 10.0 Å². The van der Waals surface area contributed by atoms with Crippen molar-refractivity contribution >= 4 is 15.7 Å². The van der Waals surface area contributed by atoms with E-state index in [1.807, 2.05) is 0 Å². The maximum absolute atomic E-state index is 13.0. The summed E-state index contributed by atoms with van der Waals surface area (Å²) in [6, 6.07) is 3.69. The highest BCUT2D eigenvalue weighted by Gasteiger charge is 2.29. The highest BCUT2D eigenvalue weighted by Crippen LogP contribution is 2.27. The molecule has 5 nitrogen and oxygen atoms in total. The Balaban J connectivity index is 2.23. The van der Waals surface area contributed by atoms with Crippen molar-refractivity contribution in [3.05, 3.63) is 24.0 Å². The van der Waals surface area contributed by atoms with Crippen molar-refractivity contribution < 1.29 is 17.5 Å². The molecule has 0 aliphatic carbocycles. The molecule has 2 N–H and O–H groups in total. The topological polar surface area (TPSA) is 67.4 Å². The number of anilines is 1. The first-order valence-electron chi connectivity index (χ1n) is 5.59. The molecule has 0 saturated carbocycles. The van der Waals surface area contributed by atoms with Gasteiger partial charge in [-0.25, -0.2) is 12.8 Å². The maximum atomic E-state index is 13.0. The van der Waals surface area contributed by atoms with Gasteiger partial charge in [0.25, 0.3) is 0 Å². The molecule has 0 aromatic heterocycles. The molecule has 1 saturated heterocycles. The monoisotopic (exact) mass is 274 g/mol. The first kappa shape index (κ1) is 13.1. The Hall–Kier alpha value is -1.34. The average molecular weight is 274 g/mol. The van der Waals surface area contributed by atoms with Gasteiger partial charge in [0, 0.05) is 12.6 Å².